The Morgan fingerprint density at radius 3 is 2.80 bits per heavy atom. The molecule has 7 heteroatoms. The molecule has 5 nitrogen and oxygen atoms in total. The predicted octanol–water partition coefficient (Wildman–Crippen LogP) is 2.83. The fraction of sp³-hybridized carbons (Fsp3) is 0.389. The van der Waals surface area contributed by atoms with Crippen molar-refractivity contribution in [2.75, 3.05) is 24.7 Å². The quantitative estimate of drug-likeness (QED) is 0.777. The number of rotatable bonds is 3. The Morgan fingerprint density at radius 1 is 1.20 bits per heavy atom. The number of thiazole rings is 1. The minimum atomic E-state index is -0.324. The van der Waals surface area contributed by atoms with Crippen molar-refractivity contribution < 1.29 is 9.59 Å². The van der Waals surface area contributed by atoms with E-state index in [1.54, 1.807) is 40.2 Å². The van der Waals surface area contributed by atoms with Crippen LogP contribution in [0, 0.1) is 0 Å². The van der Waals surface area contributed by atoms with Crippen molar-refractivity contribution in [1.82, 2.24) is 14.8 Å². The average molecular weight is 374 g/mol. The van der Waals surface area contributed by atoms with Gasteiger partial charge in [0.15, 0.2) is 0 Å². The Labute approximate surface area is 154 Å². The van der Waals surface area contributed by atoms with Crippen LogP contribution in [0.1, 0.15) is 17.8 Å². The summed E-state index contributed by atoms with van der Waals surface area (Å²) in [5.74, 6) is 1.26. The largest absolute Gasteiger partial charge is 0.341 e. The molecule has 2 saturated heterocycles. The number of benzene rings is 1. The molecule has 0 N–H and O–H groups in total. The van der Waals surface area contributed by atoms with Gasteiger partial charge in [0, 0.05) is 24.9 Å². The van der Waals surface area contributed by atoms with E-state index in [0.29, 0.717) is 11.6 Å². The van der Waals surface area contributed by atoms with Gasteiger partial charge in [0.2, 0.25) is 11.8 Å². The number of carbonyl (C=O) groups is 2. The van der Waals surface area contributed by atoms with E-state index < -0.39 is 0 Å². The van der Waals surface area contributed by atoms with E-state index in [9.17, 15) is 9.59 Å². The SMILES string of the molecule is O=C(C1CSCN1C(=O)/C=C/c1nc2ccccc2s1)N1CCCC1. The molecule has 1 aromatic heterocycles. The van der Waals surface area contributed by atoms with Gasteiger partial charge in [0.05, 0.1) is 16.1 Å². The third kappa shape index (κ3) is 3.43. The average Bonchev–Trinajstić information content (AvgIpc) is 3.38. The van der Waals surface area contributed by atoms with Crippen LogP contribution in [0.25, 0.3) is 16.3 Å². The van der Waals surface area contributed by atoms with Gasteiger partial charge in [0.1, 0.15) is 11.0 Å². The highest BCUT2D eigenvalue weighted by Gasteiger charge is 2.36. The number of hydrogen-bond donors (Lipinski definition) is 0. The molecule has 3 heterocycles. The molecule has 25 heavy (non-hydrogen) atoms. The van der Waals surface area contributed by atoms with E-state index in [-0.39, 0.29) is 17.9 Å². The van der Waals surface area contributed by atoms with Crippen molar-refractivity contribution >= 4 is 51.2 Å². The van der Waals surface area contributed by atoms with Crippen LogP contribution >= 0.6 is 23.1 Å². The zero-order valence-electron chi connectivity index (χ0n) is 13.8. The van der Waals surface area contributed by atoms with Gasteiger partial charge in [-0.1, -0.05) is 12.1 Å². The number of para-hydroxylation sites is 1. The molecule has 2 aromatic rings. The second kappa shape index (κ2) is 7.17. The van der Waals surface area contributed by atoms with Crippen molar-refractivity contribution in [3.05, 3.63) is 35.3 Å². The van der Waals surface area contributed by atoms with Gasteiger partial charge in [-0.3, -0.25) is 9.59 Å². The third-order valence-electron chi connectivity index (χ3n) is 4.55. The molecule has 0 radical (unpaired) electrons. The topological polar surface area (TPSA) is 53.5 Å². The van der Waals surface area contributed by atoms with Crippen molar-refractivity contribution in [1.29, 1.82) is 0 Å². The van der Waals surface area contributed by atoms with Crippen LogP contribution in [0.2, 0.25) is 0 Å². The lowest BCUT2D eigenvalue weighted by molar-refractivity contribution is -0.140. The highest BCUT2D eigenvalue weighted by Crippen LogP contribution is 2.25. The first-order valence-electron chi connectivity index (χ1n) is 8.43. The minimum Gasteiger partial charge on any atom is -0.341 e. The van der Waals surface area contributed by atoms with Crippen LogP contribution in [0.4, 0.5) is 0 Å². The Morgan fingerprint density at radius 2 is 2.00 bits per heavy atom. The molecular weight excluding hydrogens is 354 g/mol. The normalized spacial score (nSPS) is 20.9. The van der Waals surface area contributed by atoms with Crippen LogP contribution in [-0.4, -0.2) is 57.4 Å². The molecule has 2 aliphatic heterocycles. The molecule has 4 rings (SSSR count). The van der Waals surface area contributed by atoms with Gasteiger partial charge < -0.3 is 9.80 Å². The summed E-state index contributed by atoms with van der Waals surface area (Å²) < 4.78 is 1.11. The maximum Gasteiger partial charge on any atom is 0.248 e. The van der Waals surface area contributed by atoms with E-state index in [1.165, 1.54) is 0 Å². The lowest BCUT2D eigenvalue weighted by Crippen LogP contribution is -2.47. The molecule has 0 aliphatic carbocycles. The minimum absolute atomic E-state index is 0.101. The molecular formula is C18H19N3O2S2. The first-order valence-corrected chi connectivity index (χ1v) is 10.4. The van der Waals surface area contributed by atoms with Gasteiger partial charge in [-0.15, -0.1) is 23.1 Å². The number of thioether (sulfide) groups is 1. The highest BCUT2D eigenvalue weighted by molar-refractivity contribution is 7.99. The number of carbonyl (C=O) groups excluding carboxylic acids is 2. The van der Waals surface area contributed by atoms with E-state index in [2.05, 4.69) is 4.98 Å². The van der Waals surface area contributed by atoms with Gasteiger partial charge in [-0.2, -0.15) is 0 Å². The first-order chi connectivity index (χ1) is 12.2. The second-order valence-corrected chi connectivity index (χ2v) is 8.27. The molecule has 1 aromatic carbocycles. The molecule has 0 saturated carbocycles. The van der Waals surface area contributed by atoms with Crippen LogP contribution in [0.3, 0.4) is 0 Å². The smallest absolute Gasteiger partial charge is 0.248 e. The molecule has 0 bridgehead atoms. The molecule has 1 unspecified atom stereocenters. The molecule has 0 spiro atoms. The van der Waals surface area contributed by atoms with Crippen molar-refractivity contribution in [3.63, 3.8) is 0 Å². The van der Waals surface area contributed by atoms with E-state index >= 15 is 0 Å². The maximum atomic E-state index is 12.6. The van der Waals surface area contributed by atoms with Crippen molar-refractivity contribution in [3.8, 4) is 0 Å². The van der Waals surface area contributed by atoms with Gasteiger partial charge >= 0.3 is 0 Å². The number of amides is 2. The summed E-state index contributed by atoms with van der Waals surface area (Å²) in [7, 11) is 0. The summed E-state index contributed by atoms with van der Waals surface area (Å²) in [4.78, 5) is 33.3. The summed E-state index contributed by atoms with van der Waals surface area (Å²) in [5.41, 5.74) is 0.943. The second-order valence-electron chi connectivity index (χ2n) is 6.21. The highest BCUT2D eigenvalue weighted by atomic mass is 32.2. The maximum absolute atomic E-state index is 12.6. The van der Waals surface area contributed by atoms with Gasteiger partial charge in [-0.05, 0) is 31.1 Å². The number of nitrogens with zero attached hydrogens (tertiary/aromatic N) is 3. The number of hydrogen-bond acceptors (Lipinski definition) is 5. The monoisotopic (exact) mass is 373 g/mol. The fourth-order valence-corrected chi connectivity index (χ4v) is 5.24. The first kappa shape index (κ1) is 16.6. The Bertz CT molecular complexity index is 794. The van der Waals surface area contributed by atoms with Crippen molar-refractivity contribution in [2.24, 2.45) is 0 Å². The fourth-order valence-electron chi connectivity index (χ4n) is 3.21. The molecule has 2 amide bonds. The third-order valence-corrected chi connectivity index (χ3v) is 6.56. The Balaban J connectivity index is 1.46. The Hall–Kier alpha value is -1.86. The van der Waals surface area contributed by atoms with E-state index in [1.807, 2.05) is 29.2 Å². The lowest BCUT2D eigenvalue weighted by atomic mass is 10.2. The van der Waals surface area contributed by atoms with E-state index in [4.69, 9.17) is 0 Å². The van der Waals surface area contributed by atoms with Gasteiger partial charge in [0.25, 0.3) is 0 Å². The molecule has 130 valence electrons. The zero-order chi connectivity index (χ0) is 17.2. The standard InChI is InChI=1S/C18H19N3O2S2/c22-17(8-7-16-19-13-5-1-2-6-15(13)25-16)21-12-24-11-14(21)18(23)20-9-3-4-10-20/h1-2,5-8,14H,3-4,9-12H2/b8-7+. The van der Waals surface area contributed by atoms with Crippen molar-refractivity contribution in [2.45, 2.75) is 18.9 Å². The predicted molar refractivity (Wildman–Crippen MR) is 102 cm³/mol. The summed E-state index contributed by atoms with van der Waals surface area (Å²) in [5, 5.41) is 0.809. The number of aromatic nitrogens is 1. The summed E-state index contributed by atoms with van der Waals surface area (Å²) in [6.45, 7) is 1.65. The zero-order valence-corrected chi connectivity index (χ0v) is 15.4. The molecule has 2 aliphatic rings. The van der Waals surface area contributed by atoms with Crippen LogP contribution in [0.5, 0.6) is 0 Å². The molecule has 1 atom stereocenters. The van der Waals surface area contributed by atoms with E-state index in [0.717, 1.165) is 41.2 Å². The summed E-state index contributed by atoms with van der Waals surface area (Å²) >= 11 is 3.20. The lowest BCUT2D eigenvalue weighted by Gasteiger charge is -2.26. The van der Waals surface area contributed by atoms with Crippen LogP contribution in [-0.2, 0) is 9.59 Å². The number of fused-ring (bicyclic) bond motifs is 1. The van der Waals surface area contributed by atoms with Gasteiger partial charge in [-0.25, -0.2) is 4.98 Å². The number of likely N-dealkylation sites (tertiary alicyclic amines) is 1. The summed E-state index contributed by atoms with van der Waals surface area (Å²) in [6, 6.07) is 7.60. The molecule has 2 fully saturated rings. The van der Waals surface area contributed by atoms with Crippen LogP contribution < -0.4 is 0 Å². The summed E-state index contributed by atoms with van der Waals surface area (Å²) in [6.07, 6.45) is 5.44. The van der Waals surface area contributed by atoms with Crippen LogP contribution in [0.15, 0.2) is 30.3 Å². The Kier molecular flexibility index (Phi) is 4.76.